The highest BCUT2D eigenvalue weighted by molar-refractivity contribution is 7.92. The number of aryl methyl sites for hydroxylation is 1. The topological polar surface area (TPSA) is 79.4 Å². The quantitative estimate of drug-likeness (QED) is 0.566. The van der Waals surface area contributed by atoms with Gasteiger partial charge in [-0.15, -0.1) is 11.3 Å². The fourth-order valence-electron chi connectivity index (χ4n) is 3.68. The maximum Gasteiger partial charge on any atom is 0.236 e. The molecule has 0 saturated carbocycles. The Morgan fingerprint density at radius 1 is 1.12 bits per heavy atom. The summed E-state index contributed by atoms with van der Waals surface area (Å²) in [5, 5.41) is 7.22. The molecular formula is C24H25N3O3S2. The van der Waals surface area contributed by atoms with Gasteiger partial charge in [-0.3, -0.25) is 4.79 Å². The maximum absolute atomic E-state index is 12.8. The largest absolute Gasteiger partial charge is 0.326 e. The number of amides is 1. The van der Waals surface area contributed by atoms with E-state index in [9.17, 15) is 13.2 Å². The third kappa shape index (κ3) is 5.51. The van der Waals surface area contributed by atoms with Gasteiger partial charge in [0.1, 0.15) is 0 Å². The van der Waals surface area contributed by atoms with E-state index in [0.29, 0.717) is 25.9 Å². The molecule has 8 heteroatoms. The Balaban J connectivity index is 1.34. The molecule has 0 aliphatic carbocycles. The molecular weight excluding hydrogens is 442 g/mol. The van der Waals surface area contributed by atoms with E-state index in [1.807, 2.05) is 66.9 Å². The zero-order valence-electron chi connectivity index (χ0n) is 17.8. The van der Waals surface area contributed by atoms with Crippen molar-refractivity contribution in [2.75, 3.05) is 18.4 Å². The Labute approximate surface area is 192 Å². The van der Waals surface area contributed by atoms with Crippen molar-refractivity contribution in [3.63, 3.8) is 0 Å². The van der Waals surface area contributed by atoms with E-state index in [-0.39, 0.29) is 11.8 Å². The molecule has 2 heterocycles. The molecule has 1 aliphatic heterocycles. The smallest absolute Gasteiger partial charge is 0.236 e. The van der Waals surface area contributed by atoms with Gasteiger partial charge in [0, 0.05) is 41.0 Å². The summed E-state index contributed by atoms with van der Waals surface area (Å²) in [7, 11) is -3.51. The Kier molecular flexibility index (Phi) is 6.83. The van der Waals surface area contributed by atoms with Crippen molar-refractivity contribution in [1.82, 2.24) is 9.29 Å². The van der Waals surface area contributed by atoms with Gasteiger partial charge in [0.2, 0.25) is 15.9 Å². The number of hydrogen-bond donors (Lipinski definition) is 1. The van der Waals surface area contributed by atoms with Crippen LogP contribution in [0.15, 0.2) is 65.4 Å². The molecule has 6 nitrogen and oxygen atoms in total. The number of piperidine rings is 1. The zero-order valence-corrected chi connectivity index (χ0v) is 19.4. The van der Waals surface area contributed by atoms with Gasteiger partial charge < -0.3 is 5.32 Å². The van der Waals surface area contributed by atoms with Crippen molar-refractivity contribution in [2.45, 2.75) is 19.8 Å². The molecule has 1 saturated heterocycles. The highest BCUT2D eigenvalue weighted by atomic mass is 32.2. The first-order chi connectivity index (χ1) is 15.4. The van der Waals surface area contributed by atoms with E-state index in [4.69, 9.17) is 0 Å². The van der Waals surface area contributed by atoms with Crippen molar-refractivity contribution in [2.24, 2.45) is 5.92 Å². The molecule has 4 rings (SSSR count). The molecule has 166 valence electrons. The predicted octanol–water partition coefficient (Wildman–Crippen LogP) is 4.77. The molecule has 0 atom stereocenters. The molecule has 3 aromatic rings. The first kappa shape index (κ1) is 22.4. The van der Waals surface area contributed by atoms with Crippen LogP contribution in [0, 0.1) is 12.8 Å². The average Bonchev–Trinajstić information content (AvgIpc) is 3.25. The van der Waals surface area contributed by atoms with Crippen LogP contribution >= 0.6 is 11.3 Å². The Bertz CT molecular complexity index is 1210. The molecule has 1 aromatic heterocycles. The third-order valence-corrected chi connectivity index (χ3v) is 7.80. The minimum absolute atomic E-state index is 0.0755. The minimum atomic E-state index is -3.51. The number of sulfonamides is 1. The highest BCUT2D eigenvalue weighted by Gasteiger charge is 2.30. The molecule has 1 amide bonds. The molecule has 1 N–H and O–H groups in total. The monoisotopic (exact) mass is 467 g/mol. The van der Waals surface area contributed by atoms with E-state index >= 15 is 0 Å². The van der Waals surface area contributed by atoms with Crippen LogP contribution in [0.5, 0.6) is 0 Å². The van der Waals surface area contributed by atoms with Crippen molar-refractivity contribution in [3.8, 4) is 11.3 Å². The summed E-state index contributed by atoms with van der Waals surface area (Å²) >= 11 is 1.59. The van der Waals surface area contributed by atoms with Crippen LogP contribution in [0.2, 0.25) is 0 Å². The van der Waals surface area contributed by atoms with Crippen LogP contribution in [0.25, 0.3) is 17.3 Å². The fraction of sp³-hybridized carbons (Fsp3) is 0.250. The van der Waals surface area contributed by atoms with Gasteiger partial charge in [-0.25, -0.2) is 13.4 Å². The maximum atomic E-state index is 12.8. The van der Waals surface area contributed by atoms with Gasteiger partial charge >= 0.3 is 0 Å². The lowest BCUT2D eigenvalue weighted by Crippen LogP contribution is -2.40. The number of nitrogens with zero attached hydrogens (tertiary/aromatic N) is 2. The van der Waals surface area contributed by atoms with Crippen LogP contribution in [-0.2, 0) is 14.8 Å². The van der Waals surface area contributed by atoms with Crippen LogP contribution in [-0.4, -0.2) is 36.7 Å². The Morgan fingerprint density at radius 2 is 1.88 bits per heavy atom. The van der Waals surface area contributed by atoms with Gasteiger partial charge in [0.25, 0.3) is 0 Å². The number of thiazole rings is 1. The van der Waals surface area contributed by atoms with E-state index in [0.717, 1.165) is 27.5 Å². The molecule has 0 radical (unpaired) electrons. The number of carbonyl (C=O) groups excluding carboxylic acids is 1. The van der Waals surface area contributed by atoms with Crippen molar-refractivity contribution in [1.29, 1.82) is 0 Å². The van der Waals surface area contributed by atoms with Gasteiger partial charge in [-0.05, 0) is 43.5 Å². The second-order valence-electron chi connectivity index (χ2n) is 7.75. The predicted molar refractivity (Wildman–Crippen MR) is 130 cm³/mol. The average molecular weight is 468 g/mol. The van der Waals surface area contributed by atoms with Crippen molar-refractivity contribution in [3.05, 3.63) is 76.0 Å². The summed E-state index contributed by atoms with van der Waals surface area (Å²) in [5.41, 5.74) is 3.41. The molecule has 0 unspecified atom stereocenters. The van der Waals surface area contributed by atoms with Gasteiger partial charge in [0.15, 0.2) is 0 Å². The van der Waals surface area contributed by atoms with Crippen LogP contribution in [0.4, 0.5) is 5.69 Å². The number of hydrogen-bond acceptors (Lipinski definition) is 5. The number of carbonyl (C=O) groups is 1. The van der Waals surface area contributed by atoms with Crippen molar-refractivity contribution >= 4 is 39.0 Å². The van der Waals surface area contributed by atoms with Crippen LogP contribution in [0.3, 0.4) is 0 Å². The normalized spacial score (nSPS) is 15.8. The summed E-state index contributed by atoms with van der Waals surface area (Å²) in [6.45, 7) is 2.62. The van der Waals surface area contributed by atoms with E-state index < -0.39 is 10.0 Å². The van der Waals surface area contributed by atoms with Gasteiger partial charge in [-0.1, -0.05) is 42.5 Å². The molecule has 1 aliphatic rings. The summed E-state index contributed by atoms with van der Waals surface area (Å²) in [6.07, 6.45) is 2.59. The molecule has 1 fully saturated rings. The second kappa shape index (κ2) is 9.77. The SMILES string of the molecule is Cc1nc(-c2cccc(NC(=O)C3CCN(S(=O)(=O)C=Cc4ccccc4)CC3)c2)cs1. The van der Waals surface area contributed by atoms with Gasteiger partial charge in [-0.2, -0.15) is 4.31 Å². The number of nitrogens with one attached hydrogen (secondary N) is 1. The van der Waals surface area contributed by atoms with E-state index in [1.54, 1.807) is 17.4 Å². The number of aromatic nitrogens is 1. The summed E-state index contributed by atoms with van der Waals surface area (Å²) in [6, 6.07) is 17.0. The van der Waals surface area contributed by atoms with Crippen LogP contribution < -0.4 is 5.32 Å². The third-order valence-electron chi connectivity index (χ3n) is 5.46. The van der Waals surface area contributed by atoms with E-state index in [2.05, 4.69) is 10.3 Å². The van der Waals surface area contributed by atoms with Crippen LogP contribution in [0.1, 0.15) is 23.4 Å². The molecule has 0 spiro atoms. The molecule has 32 heavy (non-hydrogen) atoms. The fourth-order valence-corrected chi connectivity index (χ4v) is 5.53. The Hall–Kier alpha value is -2.81. The van der Waals surface area contributed by atoms with Gasteiger partial charge in [0.05, 0.1) is 10.7 Å². The zero-order chi connectivity index (χ0) is 22.6. The number of rotatable bonds is 6. The lowest BCUT2D eigenvalue weighted by molar-refractivity contribution is -0.120. The number of benzene rings is 2. The minimum Gasteiger partial charge on any atom is -0.326 e. The standard InChI is InChI=1S/C24H25N3O3S2/c1-18-25-23(17-31-18)21-8-5-9-22(16-21)26-24(28)20-10-13-27(14-11-20)32(29,30)15-12-19-6-3-2-4-7-19/h2-9,12,15-17,20H,10-11,13-14H2,1H3,(H,26,28). The highest BCUT2D eigenvalue weighted by Crippen LogP contribution is 2.26. The molecule has 2 aromatic carbocycles. The lowest BCUT2D eigenvalue weighted by atomic mass is 9.97. The number of anilines is 1. The summed E-state index contributed by atoms with van der Waals surface area (Å²) in [5.74, 6) is -0.293. The van der Waals surface area contributed by atoms with E-state index in [1.165, 1.54) is 9.71 Å². The lowest BCUT2D eigenvalue weighted by Gasteiger charge is -2.29. The summed E-state index contributed by atoms with van der Waals surface area (Å²) in [4.78, 5) is 17.3. The Morgan fingerprint density at radius 3 is 2.56 bits per heavy atom. The first-order valence-electron chi connectivity index (χ1n) is 10.5. The first-order valence-corrected chi connectivity index (χ1v) is 12.9. The molecule has 0 bridgehead atoms. The summed E-state index contributed by atoms with van der Waals surface area (Å²) < 4.78 is 26.7. The second-order valence-corrected chi connectivity index (χ2v) is 10.6. The van der Waals surface area contributed by atoms with Crippen molar-refractivity contribution < 1.29 is 13.2 Å².